The van der Waals surface area contributed by atoms with Gasteiger partial charge in [-0.05, 0) is 30.3 Å². The normalized spacial score (nSPS) is 13.3. The van der Waals surface area contributed by atoms with Crippen LogP contribution in [-0.4, -0.2) is 39.1 Å². The molecule has 8 heteroatoms. The zero-order valence-electron chi connectivity index (χ0n) is 13.5. The highest BCUT2D eigenvalue weighted by Gasteiger charge is 2.34. The van der Waals surface area contributed by atoms with Gasteiger partial charge in [0.25, 0.3) is 11.8 Å². The molecule has 4 rings (SSSR count). The zero-order chi connectivity index (χ0) is 18.3. The molecular formula is C18H14N4O4. The summed E-state index contributed by atoms with van der Waals surface area (Å²) in [6, 6.07) is 11.6. The van der Waals surface area contributed by atoms with Crippen LogP contribution in [0.1, 0.15) is 27.1 Å². The number of hydrogen-bond donors (Lipinski definition) is 3. The summed E-state index contributed by atoms with van der Waals surface area (Å²) in [5.41, 5.74) is 2.13. The molecule has 0 radical (unpaired) electrons. The smallest absolute Gasteiger partial charge is 0.323 e. The molecule has 2 aromatic carbocycles. The van der Waals surface area contributed by atoms with E-state index in [1.807, 2.05) is 0 Å². The number of benzene rings is 2. The van der Waals surface area contributed by atoms with Crippen molar-refractivity contribution in [1.82, 2.24) is 14.9 Å². The van der Waals surface area contributed by atoms with Gasteiger partial charge in [0.05, 0.1) is 22.2 Å². The minimum absolute atomic E-state index is 0.00140. The topological polar surface area (TPSA) is 115 Å². The van der Waals surface area contributed by atoms with Crippen LogP contribution < -0.4 is 11.0 Å². The van der Waals surface area contributed by atoms with Gasteiger partial charge in [-0.15, -0.1) is 0 Å². The molecule has 8 nitrogen and oxygen atoms in total. The third kappa shape index (κ3) is 2.67. The van der Waals surface area contributed by atoms with Gasteiger partial charge < -0.3 is 15.3 Å². The van der Waals surface area contributed by atoms with Crippen LogP contribution in [0.15, 0.2) is 47.3 Å². The number of rotatable bonds is 4. The number of carbonyl (C=O) groups excluding carboxylic acids is 3. The van der Waals surface area contributed by atoms with E-state index in [0.29, 0.717) is 27.8 Å². The van der Waals surface area contributed by atoms with Crippen molar-refractivity contribution in [1.29, 1.82) is 0 Å². The van der Waals surface area contributed by atoms with Crippen molar-refractivity contribution in [3.8, 4) is 0 Å². The van der Waals surface area contributed by atoms with E-state index in [1.54, 1.807) is 42.5 Å². The van der Waals surface area contributed by atoms with Crippen molar-refractivity contribution in [3.05, 3.63) is 64.1 Å². The fourth-order valence-electron chi connectivity index (χ4n) is 2.99. The van der Waals surface area contributed by atoms with Crippen molar-refractivity contribution in [2.75, 3.05) is 11.9 Å². The van der Waals surface area contributed by atoms with Gasteiger partial charge in [-0.1, -0.05) is 12.1 Å². The molecule has 0 spiro atoms. The molecule has 0 saturated carbocycles. The molecular weight excluding hydrogens is 336 g/mol. The summed E-state index contributed by atoms with van der Waals surface area (Å²) >= 11 is 0. The number of anilines is 1. The number of aromatic amines is 2. The largest absolute Gasteiger partial charge is 0.326 e. The lowest BCUT2D eigenvalue weighted by Crippen LogP contribution is -2.32. The number of H-pyrrole nitrogens is 2. The van der Waals surface area contributed by atoms with Crippen LogP contribution in [0.2, 0.25) is 0 Å². The number of fused-ring (bicyclic) bond motifs is 2. The monoisotopic (exact) mass is 350 g/mol. The van der Waals surface area contributed by atoms with Crippen molar-refractivity contribution in [3.63, 3.8) is 0 Å². The average molecular weight is 350 g/mol. The van der Waals surface area contributed by atoms with E-state index in [-0.39, 0.29) is 36.4 Å². The fraction of sp³-hybridized carbons (Fsp3) is 0.111. The van der Waals surface area contributed by atoms with Crippen LogP contribution in [0.5, 0.6) is 0 Å². The first-order valence-electron chi connectivity index (χ1n) is 8.00. The van der Waals surface area contributed by atoms with Gasteiger partial charge in [-0.25, -0.2) is 4.79 Å². The second kappa shape index (κ2) is 5.99. The van der Waals surface area contributed by atoms with Crippen LogP contribution in [-0.2, 0) is 4.79 Å². The van der Waals surface area contributed by atoms with Crippen molar-refractivity contribution in [2.24, 2.45) is 0 Å². The lowest BCUT2D eigenvalue weighted by molar-refractivity contribution is -0.116. The number of aromatic nitrogens is 2. The van der Waals surface area contributed by atoms with Crippen molar-refractivity contribution in [2.45, 2.75) is 6.42 Å². The van der Waals surface area contributed by atoms with Crippen molar-refractivity contribution < 1.29 is 14.4 Å². The predicted octanol–water partition coefficient (Wildman–Crippen LogP) is 1.48. The Morgan fingerprint density at radius 1 is 0.923 bits per heavy atom. The standard InChI is InChI=1S/C18H14N4O4/c23-15(19-10-5-6-13-14(9-10)21-18(26)20-13)7-8-22-16(24)11-3-1-2-4-12(11)17(22)25/h1-6,9H,7-8H2,(H,19,23)(H2,20,21,26). The summed E-state index contributed by atoms with van der Waals surface area (Å²) in [6.07, 6.45) is -0.0207. The first kappa shape index (κ1) is 15.8. The van der Waals surface area contributed by atoms with E-state index in [4.69, 9.17) is 0 Å². The third-order valence-corrected chi connectivity index (χ3v) is 4.24. The molecule has 1 aliphatic heterocycles. The van der Waals surface area contributed by atoms with Crippen LogP contribution in [0.3, 0.4) is 0 Å². The summed E-state index contributed by atoms with van der Waals surface area (Å²) in [4.78, 5) is 54.2. The SMILES string of the molecule is O=C(CCN1C(=O)c2ccccc2C1=O)Nc1ccc2[nH]c(=O)[nH]c2c1. The molecule has 0 bridgehead atoms. The third-order valence-electron chi connectivity index (χ3n) is 4.24. The van der Waals surface area contributed by atoms with Gasteiger partial charge >= 0.3 is 5.69 Å². The molecule has 0 saturated heterocycles. The zero-order valence-corrected chi connectivity index (χ0v) is 13.5. The number of imidazole rings is 1. The Balaban J connectivity index is 1.42. The average Bonchev–Trinajstić information content (AvgIpc) is 3.11. The fourth-order valence-corrected chi connectivity index (χ4v) is 2.99. The van der Waals surface area contributed by atoms with Crippen LogP contribution in [0.4, 0.5) is 5.69 Å². The first-order chi connectivity index (χ1) is 12.5. The Morgan fingerprint density at radius 3 is 2.27 bits per heavy atom. The summed E-state index contributed by atoms with van der Waals surface area (Å²) in [6.45, 7) is 0.00140. The molecule has 0 aliphatic carbocycles. The number of nitrogens with one attached hydrogen (secondary N) is 3. The number of amides is 3. The van der Waals surface area contributed by atoms with E-state index in [9.17, 15) is 19.2 Å². The molecule has 26 heavy (non-hydrogen) atoms. The second-order valence-corrected chi connectivity index (χ2v) is 5.95. The molecule has 0 atom stereocenters. The highest BCUT2D eigenvalue weighted by atomic mass is 16.2. The highest BCUT2D eigenvalue weighted by molar-refractivity contribution is 6.21. The number of imide groups is 1. The Hall–Kier alpha value is -3.68. The van der Waals surface area contributed by atoms with Gasteiger partial charge in [0.15, 0.2) is 0 Å². The Morgan fingerprint density at radius 2 is 1.58 bits per heavy atom. The second-order valence-electron chi connectivity index (χ2n) is 5.95. The lowest BCUT2D eigenvalue weighted by atomic mass is 10.1. The lowest BCUT2D eigenvalue weighted by Gasteiger charge is -2.13. The summed E-state index contributed by atoms with van der Waals surface area (Å²) in [5.74, 6) is -1.10. The quantitative estimate of drug-likeness (QED) is 0.618. The van der Waals surface area contributed by atoms with E-state index in [1.165, 1.54) is 0 Å². The maximum atomic E-state index is 12.3. The summed E-state index contributed by atoms with van der Waals surface area (Å²) in [5, 5.41) is 2.69. The molecule has 1 aliphatic rings. The van der Waals surface area contributed by atoms with Gasteiger partial charge in [0.1, 0.15) is 0 Å². The van der Waals surface area contributed by atoms with E-state index in [0.717, 1.165) is 4.90 Å². The number of carbonyl (C=O) groups is 3. The maximum absolute atomic E-state index is 12.3. The minimum atomic E-state index is -0.385. The maximum Gasteiger partial charge on any atom is 0.323 e. The number of nitrogens with zero attached hydrogens (tertiary/aromatic N) is 1. The molecule has 3 N–H and O–H groups in total. The van der Waals surface area contributed by atoms with E-state index in [2.05, 4.69) is 15.3 Å². The van der Waals surface area contributed by atoms with Gasteiger partial charge in [-0.3, -0.25) is 19.3 Å². The van der Waals surface area contributed by atoms with Gasteiger partial charge in [0.2, 0.25) is 5.91 Å². The highest BCUT2D eigenvalue weighted by Crippen LogP contribution is 2.22. The predicted molar refractivity (Wildman–Crippen MR) is 94.0 cm³/mol. The Bertz CT molecular complexity index is 1080. The molecule has 0 unspecified atom stereocenters. The molecule has 3 amide bonds. The summed E-state index contributed by atoms with van der Waals surface area (Å²) in [7, 11) is 0. The van der Waals surface area contributed by atoms with Gasteiger partial charge in [0, 0.05) is 18.7 Å². The molecule has 130 valence electrons. The molecule has 1 aromatic heterocycles. The molecule has 0 fully saturated rings. The Kier molecular flexibility index (Phi) is 3.65. The van der Waals surface area contributed by atoms with Crippen LogP contribution in [0, 0.1) is 0 Å². The Labute approximate surface area is 146 Å². The van der Waals surface area contributed by atoms with E-state index < -0.39 is 0 Å². The van der Waals surface area contributed by atoms with Gasteiger partial charge in [-0.2, -0.15) is 0 Å². The molecule has 2 heterocycles. The number of hydrogen-bond acceptors (Lipinski definition) is 4. The minimum Gasteiger partial charge on any atom is -0.326 e. The summed E-state index contributed by atoms with van der Waals surface area (Å²) < 4.78 is 0. The van der Waals surface area contributed by atoms with Crippen LogP contribution in [0.25, 0.3) is 11.0 Å². The molecule has 3 aromatic rings. The van der Waals surface area contributed by atoms with E-state index >= 15 is 0 Å². The van der Waals surface area contributed by atoms with Crippen LogP contribution >= 0.6 is 0 Å². The first-order valence-corrected chi connectivity index (χ1v) is 8.00. The van der Waals surface area contributed by atoms with Crippen molar-refractivity contribution >= 4 is 34.4 Å².